The van der Waals surface area contributed by atoms with Crippen molar-refractivity contribution in [1.29, 1.82) is 0 Å². The smallest absolute Gasteiger partial charge is 0.416 e. The molecule has 3 aromatic carbocycles. The van der Waals surface area contributed by atoms with Crippen molar-refractivity contribution in [3.63, 3.8) is 0 Å². The van der Waals surface area contributed by atoms with Crippen LogP contribution in [-0.4, -0.2) is 89.6 Å². The second-order valence-corrected chi connectivity index (χ2v) is 13.1. The van der Waals surface area contributed by atoms with E-state index in [4.69, 9.17) is 4.74 Å². The lowest BCUT2D eigenvalue weighted by Gasteiger charge is -2.36. The number of ether oxygens (including phenoxy) is 1. The molecule has 1 unspecified atom stereocenters. The molecule has 1 fully saturated rings. The number of hydrogen-bond donors (Lipinski definition) is 1. The van der Waals surface area contributed by atoms with Crippen LogP contribution in [0.3, 0.4) is 0 Å². The fourth-order valence-corrected chi connectivity index (χ4v) is 6.80. The number of aliphatic carboxylic acids is 1. The molecule has 3 amide bonds. The Balaban J connectivity index is 1.40. The molecular formula is C37H40F3N3O6. The van der Waals surface area contributed by atoms with Gasteiger partial charge in [-0.05, 0) is 58.2 Å². The minimum absolute atomic E-state index is 0.0444. The monoisotopic (exact) mass is 679 g/mol. The number of likely N-dealkylation sites (tertiary alicyclic amines) is 1. The number of nitrogens with zero attached hydrogens (tertiary/aromatic N) is 3. The third kappa shape index (κ3) is 7.58. The molecule has 1 aliphatic heterocycles. The van der Waals surface area contributed by atoms with Gasteiger partial charge < -0.3 is 19.6 Å². The standard InChI is InChI=1S/C37H40F3N3O6/c1-22-17-31(42(4)36(48)49-21-30-28-11-7-5-9-26(28)27-10-6-8-12-29(27)30)35(47)43(19-23(22)2)32(34(46)41(3)20-33(44)45)18-24-13-15-25(16-14-24)37(38,39)40/h5-16,22-23,30-32H,17-21H2,1-4H3,(H,44,45)/t22-,23?,31-,32-/m0/s1. The molecule has 4 atom stereocenters. The predicted molar refractivity (Wildman–Crippen MR) is 175 cm³/mol. The molecule has 0 saturated carbocycles. The van der Waals surface area contributed by atoms with E-state index in [2.05, 4.69) is 0 Å². The zero-order chi connectivity index (χ0) is 35.6. The highest BCUT2D eigenvalue weighted by Crippen LogP contribution is 2.44. The van der Waals surface area contributed by atoms with Gasteiger partial charge in [-0.2, -0.15) is 13.2 Å². The van der Waals surface area contributed by atoms with Gasteiger partial charge in [0.15, 0.2) is 0 Å². The SMILES string of the molecule is CC1CN([C@@H](Cc2ccc(C(F)(F)F)cc2)C(=O)N(C)CC(=O)O)C(=O)[C@@H](N(C)C(=O)OCC2c3ccccc3-c3ccccc32)C[C@@H]1C. The van der Waals surface area contributed by atoms with E-state index in [1.807, 2.05) is 62.4 Å². The van der Waals surface area contributed by atoms with Crippen molar-refractivity contribution < 1.29 is 42.2 Å². The van der Waals surface area contributed by atoms with Crippen LogP contribution in [0.4, 0.5) is 18.0 Å². The zero-order valence-corrected chi connectivity index (χ0v) is 27.8. The average Bonchev–Trinajstić information content (AvgIpc) is 3.33. The summed E-state index contributed by atoms with van der Waals surface area (Å²) < 4.78 is 45.6. The number of fused-ring (bicyclic) bond motifs is 3. The molecule has 260 valence electrons. The lowest BCUT2D eigenvalue weighted by molar-refractivity contribution is -0.150. The number of likely N-dealkylation sites (N-methyl/N-ethyl adjacent to an activating group) is 2. The van der Waals surface area contributed by atoms with E-state index < -0.39 is 54.2 Å². The quantitative estimate of drug-likeness (QED) is 0.301. The summed E-state index contributed by atoms with van der Waals surface area (Å²) in [5, 5.41) is 9.37. The number of carbonyl (C=O) groups excluding carboxylic acids is 3. The molecule has 1 heterocycles. The van der Waals surface area contributed by atoms with Crippen LogP contribution >= 0.6 is 0 Å². The van der Waals surface area contributed by atoms with Gasteiger partial charge in [0.05, 0.1) is 5.56 Å². The van der Waals surface area contributed by atoms with Crippen LogP contribution < -0.4 is 0 Å². The van der Waals surface area contributed by atoms with Crippen molar-refractivity contribution in [1.82, 2.24) is 14.7 Å². The number of hydrogen-bond acceptors (Lipinski definition) is 5. The lowest BCUT2D eigenvalue weighted by atomic mass is 9.91. The molecule has 5 rings (SSSR count). The molecule has 0 bridgehead atoms. The summed E-state index contributed by atoms with van der Waals surface area (Å²) in [6, 6.07) is 17.9. The van der Waals surface area contributed by atoms with Crippen LogP contribution in [0.1, 0.15) is 48.4 Å². The average molecular weight is 680 g/mol. The fraction of sp³-hybridized carbons (Fsp3) is 0.405. The molecular weight excluding hydrogens is 639 g/mol. The number of carbonyl (C=O) groups is 4. The molecule has 12 heteroatoms. The molecule has 1 saturated heterocycles. The highest BCUT2D eigenvalue weighted by atomic mass is 19.4. The maximum Gasteiger partial charge on any atom is 0.416 e. The van der Waals surface area contributed by atoms with Crippen molar-refractivity contribution in [3.05, 3.63) is 95.1 Å². The van der Waals surface area contributed by atoms with E-state index >= 15 is 0 Å². The van der Waals surface area contributed by atoms with Gasteiger partial charge in [-0.15, -0.1) is 0 Å². The van der Waals surface area contributed by atoms with Gasteiger partial charge in [0.25, 0.3) is 0 Å². The normalized spacial score (nSPS) is 19.8. The van der Waals surface area contributed by atoms with Crippen molar-refractivity contribution in [2.75, 3.05) is 33.8 Å². The Bertz CT molecular complexity index is 1670. The van der Waals surface area contributed by atoms with Crippen molar-refractivity contribution in [2.45, 2.75) is 50.9 Å². The van der Waals surface area contributed by atoms with E-state index in [-0.39, 0.29) is 43.7 Å². The van der Waals surface area contributed by atoms with Crippen LogP contribution in [0.2, 0.25) is 0 Å². The number of alkyl halides is 3. The second kappa shape index (κ2) is 14.3. The Labute approximate surface area is 283 Å². The Morgan fingerprint density at radius 1 is 0.918 bits per heavy atom. The lowest BCUT2D eigenvalue weighted by Crippen LogP contribution is -2.57. The minimum atomic E-state index is -4.56. The summed E-state index contributed by atoms with van der Waals surface area (Å²) in [6.45, 7) is 3.39. The van der Waals surface area contributed by atoms with E-state index in [1.54, 1.807) is 0 Å². The van der Waals surface area contributed by atoms with Gasteiger partial charge >= 0.3 is 18.2 Å². The number of rotatable bonds is 9. The molecule has 1 N–H and O–H groups in total. The van der Waals surface area contributed by atoms with Gasteiger partial charge in [-0.1, -0.05) is 74.5 Å². The summed E-state index contributed by atoms with van der Waals surface area (Å²) in [5.41, 5.74) is 3.71. The molecule has 2 aliphatic rings. The van der Waals surface area contributed by atoms with Crippen LogP contribution in [0.15, 0.2) is 72.8 Å². The summed E-state index contributed by atoms with van der Waals surface area (Å²) >= 11 is 0. The summed E-state index contributed by atoms with van der Waals surface area (Å²) in [6.07, 6.45) is -5.15. The maximum absolute atomic E-state index is 14.4. The fourth-order valence-electron chi connectivity index (χ4n) is 6.80. The number of carboxylic acid groups (broad SMARTS) is 1. The van der Waals surface area contributed by atoms with Crippen LogP contribution in [0, 0.1) is 11.8 Å². The third-order valence-corrected chi connectivity index (χ3v) is 9.83. The van der Waals surface area contributed by atoms with Crippen LogP contribution in [0.25, 0.3) is 11.1 Å². The minimum Gasteiger partial charge on any atom is -0.480 e. The van der Waals surface area contributed by atoms with Crippen molar-refractivity contribution in [3.8, 4) is 11.1 Å². The Hall–Kier alpha value is -4.87. The molecule has 0 spiro atoms. The van der Waals surface area contributed by atoms with Gasteiger partial charge in [-0.3, -0.25) is 19.3 Å². The van der Waals surface area contributed by atoms with Crippen LogP contribution in [0.5, 0.6) is 0 Å². The first-order valence-electron chi connectivity index (χ1n) is 16.2. The molecule has 9 nitrogen and oxygen atoms in total. The number of amides is 3. The first kappa shape index (κ1) is 35.4. The molecule has 3 aromatic rings. The maximum atomic E-state index is 14.4. The van der Waals surface area contributed by atoms with Gasteiger partial charge in [0, 0.05) is 33.0 Å². The second-order valence-electron chi connectivity index (χ2n) is 13.1. The van der Waals surface area contributed by atoms with E-state index in [9.17, 15) is 37.5 Å². The summed E-state index contributed by atoms with van der Waals surface area (Å²) in [5.74, 6) is -2.86. The van der Waals surface area contributed by atoms with Crippen LogP contribution in [-0.2, 0) is 31.7 Å². The Morgan fingerprint density at radius 3 is 2.04 bits per heavy atom. The Morgan fingerprint density at radius 2 is 1.49 bits per heavy atom. The summed E-state index contributed by atoms with van der Waals surface area (Å²) in [7, 11) is 2.77. The van der Waals surface area contributed by atoms with Gasteiger partial charge in [0.1, 0.15) is 25.2 Å². The number of halogens is 3. The third-order valence-electron chi connectivity index (χ3n) is 9.83. The van der Waals surface area contributed by atoms with Crippen molar-refractivity contribution >= 4 is 23.9 Å². The number of benzene rings is 3. The van der Waals surface area contributed by atoms with Gasteiger partial charge in [-0.25, -0.2) is 4.79 Å². The molecule has 0 aromatic heterocycles. The summed E-state index contributed by atoms with van der Waals surface area (Å²) in [4.78, 5) is 56.9. The van der Waals surface area contributed by atoms with Gasteiger partial charge in [0.2, 0.25) is 11.8 Å². The van der Waals surface area contributed by atoms with E-state index in [0.29, 0.717) is 5.56 Å². The van der Waals surface area contributed by atoms with Crippen molar-refractivity contribution in [2.24, 2.45) is 11.8 Å². The van der Waals surface area contributed by atoms with E-state index in [0.717, 1.165) is 39.3 Å². The molecule has 49 heavy (non-hydrogen) atoms. The zero-order valence-electron chi connectivity index (χ0n) is 27.8. The first-order valence-corrected chi connectivity index (χ1v) is 16.2. The first-order chi connectivity index (χ1) is 23.2. The molecule has 1 aliphatic carbocycles. The van der Waals surface area contributed by atoms with E-state index in [1.165, 1.54) is 36.0 Å². The molecule has 0 radical (unpaired) electrons. The predicted octanol–water partition coefficient (Wildman–Crippen LogP) is 5.91. The topological polar surface area (TPSA) is 107 Å². The highest BCUT2D eigenvalue weighted by molar-refractivity contribution is 5.92. The number of carboxylic acids is 1. The Kier molecular flexibility index (Phi) is 10.4. The highest BCUT2D eigenvalue weighted by Gasteiger charge is 2.43. The largest absolute Gasteiger partial charge is 0.480 e.